The summed E-state index contributed by atoms with van der Waals surface area (Å²) in [6.07, 6.45) is -13.9. The zero-order valence-corrected chi connectivity index (χ0v) is 18.7. The van der Waals surface area contributed by atoms with Crippen LogP contribution < -0.4 is 0 Å². The van der Waals surface area contributed by atoms with Crippen molar-refractivity contribution in [2.24, 2.45) is 17.8 Å². The lowest BCUT2D eigenvalue weighted by molar-refractivity contribution is -0.354. The van der Waals surface area contributed by atoms with Crippen LogP contribution in [0.1, 0.15) is 6.42 Å². The number of rotatable bonds is 7. The van der Waals surface area contributed by atoms with Crippen LogP contribution in [-0.4, -0.2) is 140 Å². The van der Waals surface area contributed by atoms with Crippen molar-refractivity contribution < 1.29 is 69.6 Å². The fourth-order valence-corrected chi connectivity index (χ4v) is 5.17. The van der Waals surface area contributed by atoms with E-state index in [1.54, 1.807) is 6.08 Å². The van der Waals surface area contributed by atoms with E-state index in [4.69, 9.17) is 23.7 Å². The molecular formula is C21H34O14. The van der Waals surface area contributed by atoms with Gasteiger partial charge in [0.25, 0.3) is 0 Å². The van der Waals surface area contributed by atoms with Crippen LogP contribution in [0, 0.1) is 17.8 Å². The Morgan fingerprint density at radius 3 is 2.00 bits per heavy atom. The molecule has 1 saturated carbocycles. The summed E-state index contributed by atoms with van der Waals surface area (Å²) in [6.45, 7) is -1.38. The van der Waals surface area contributed by atoms with Gasteiger partial charge in [-0.2, -0.15) is 0 Å². The zero-order chi connectivity index (χ0) is 25.4. The highest BCUT2D eigenvalue weighted by atomic mass is 16.8. The van der Waals surface area contributed by atoms with E-state index in [1.807, 2.05) is 0 Å². The van der Waals surface area contributed by atoms with Gasteiger partial charge in [0.05, 0.1) is 25.6 Å². The summed E-state index contributed by atoms with van der Waals surface area (Å²) in [5.74, 6) is -1.15. The van der Waals surface area contributed by atoms with Crippen molar-refractivity contribution in [2.45, 2.75) is 80.2 Å². The Labute approximate surface area is 200 Å². The highest BCUT2D eigenvalue weighted by Crippen LogP contribution is 2.44. The average molecular weight is 510 g/mol. The summed E-state index contributed by atoms with van der Waals surface area (Å²) in [5.41, 5.74) is 0. The van der Waals surface area contributed by atoms with Gasteiger partial charge >= 0.3 is 0 Å². The molecule has 3 aliphatic heterocycles. The van der Waals surface area contributed by atoms with Crippen molar-refractivity contribution in [3.05, 3.63) is 12.3 Å². The molecule has 3 fully saturated rings. The predicted molar refractivity (Wildman–Crippen MR) is 110 cm³/mol. The molecule has 2 saturated heterocycles. The molecule has 0 spiro atoms. The summed E-state index contributed by atoms with van der Waals surface area (Å²) in [6, 6.07) is 0. The van der Waals surface area contributed by atoms with E-state index in [1.165, 1.54) is 6.26 Å². The topological polar surface area (TPSA) is 228 Å². The fraction of sp³-hybridized carbons (Fsp3) is 0.905. The number of hydrogen-bond acceptors (Lipinski definition) is 14. The smallest absolute Gasteiger partial charge is 0.205 e. The number of aliphatic hydroxyl groups excluding tert-OH is 9. The molecule has 14 heteroatoms. The molecular weight excluding hydrogens is 476 g/mol. The summed E-state index contributed by atoms with van der Waals surface area (Å²) < 4.78 is 27.6. The Morgan fingerprint density at radius 1 is 0.714 bits per heavy atom. The quantitative estimate of drug-likeness (QED) is 0.156. The third kappa shape index (κ3) is 5.22. The summed E-state index contributed by atoms with van der Waals surface area (Å²) in [7, 11) is 0. The molecule has 0 aromatic carbocycles. The maximum atomic E-state index is 10.4. The van der Waals surface area contributed by atoms with Crippen LogP contribution in [0.25, 0.3) is 0 Å². The lowest BCUT2D eigenvalue weighted by Crippen LogP contribution is -2.62. The van der Waals surface area contributed by atoms with Crippen LogP contribution in [-0.2, 0) is 23.7 Å². The Hall–Kier alpha value is -0.980. The Kier molecular flexibility index (Phi) is 8.65. The minimum atomic E-state index is -1.71. The van der Waals surface area contributed by atoms with E-state index in [0.29, 0.717) is 6.42 Å². The first-order valence-corrected chi connectivity index (χ1v) is 11.6. The van der Waals surface area contributed by atoms with Crippen molar-refractivity contribution in [1.29, 1.82) is 0 Å². The highest BCUT2D eigenvalue weighted by molar-refractivity contribution is 5.05. The van der Waals surface area contributed by atoms with Crippen LogP contribution in [0.2, 0.25) is 0 Å². The molecule has 4 aliphatic rings. The number of hydrogen-bond donors (Lipinski definition) is 9. The number of fused-ring (bicyclic) bond motifs is 1. The molecule has 0 radical (unpaired) electrons. The van der Waals surface area contributed by atoms with Gasteiger partial charge in [0.1, 0.15) is 48.8 Å². The number of aliphatic hydroxyl groups is 9. The minimum Gasteiger partial charge on any atom is -0.472 e. The van der Waals surface area contributed by atoms with E-state index in [2.05, 4.69) is 0 Å². The van der Waals surface area contributed by atoms with Crippen LogP contribution in [0.5, 0.6) is 0 Å². The van der Waals surface area contributed by atoms with Gasteiger partial charge in [-0.15, -0.1) is 0 Å². The van der Waals surface area contributed by atoms with Gasteiger partial charge in [0, 0.05) is 18.4 Å². The predicted octanol–water partition coefficient (Wildman–Crippen LogP) is -4.90. The van der Waals surface area contributed by atoms with Crippen LogP contribution >= 0.6 is 0 Å². The van der Waals surface area contributed by atoms with Gasteiger partial charge in [-0.3, -0.25) is 0 Å². The lowest BCUT2D eigenvalue weighted by atomic mass is 9.87. The second-order valence-electron chi connectivity index (χ2n) is 9.41. The molecule has 0 unspecified atom stereocenters. The second-order valence-corrected chi connectivity index (χ2v) is 9.41. The molecule has 35 heavy (non-hydrogen) atoms. The molecule has 0 amide bonds. The Bertz CT molecular complexity index is 722. The van der Waals surface area contributed by atoms with Crippen molar-refractivity contribution in [2.75, 3.05) is 19.8 Å². The molecule has 15 atom stereocenters. The lowest BCUT2D eigenvalue weighted by Gasteiger charge is -2.44. The molecule has 4 rings (SSSR count). The van der Waals surface area contributed by atoms with Gasteiger partial charge in [-0.25, -0.2) is 0 Å². The van der Waals surface area contributed by atoms with Crippen LogP contribution in [0.15, 0.2) is 12.3 Å². The first kappa shape index (κ1) is 27.1. The largest absolute Gasteiger partial charge is 0.472 e. The second kappa shape index (κ2) is 11.2. The summed E-state index contributed by atoms with van der Waals surface area (Å²) >= 11 is 0. The van der Waals surface area contributed by atoms with E-state index in [-0.39, 0.29) is 18.4 Å². The molecule has 9 N–H and O–H groups in total. The van der Waals surface area contributed by atoms with Crippen molar-refractivity contribution in [3.8, 4) is 0 Å². The van der Waals surface area contributed by atoms with Gasteiger partial charge in [0.15, 0.2) is 12.6 Å². The molecule has 0 aromatic rings. The van der Waals surface area contributed by atoms with Gasteiger partial charge < -0.3 is 69.6 Å². The third-order valence-electron chi connectivity index (χ3n) is 7.25. The Balaban J connectivity index is 1.41. The fourth-order valence-electron chi connectivity index (χ4n) is 5.17. The molecule has 3 heterocycles. The van der Waals surface area contributed by atoms with Crippen molar-refractivity contribution in [3.63, 3.8) is 0 Å². The summed E-state index contributed by atoms with van der Waals surface area (Å²) in [5, 5.41) is 90.3. The van der Waals surface area contributed by atoms with Gasteiger partial charge in [-0.05, 0) is 18.4 Å². The highest BCUT2D eigenvalue weighted by Gasteiger charge is 2.52. The van der Waals surface area contributed by atoms with Crippen molar-refractivity contribution in [1.82, 2.24) is 0 Å². The first-order chi connectivity index (χ1) is 16.7. The average Bonchev–Trinajstić information content (AvgIpc) is 3.19. The van der Waals surface area contributed by atoms with E-state index >= 15 is 0 Å². The maximum absolute atomic E-state index is 10.4. The Morgan fingerprint density at radius 2 is 1.34 bits per heavy atom. The van der Waals surface area contributed by atoms with Gasteiger partial charge in [0.2, 0.25) is 6.29 Å². The standard InChI is InChI=1S/C21H34O14/c22-4-7-3-9(24)8-1-2-31-19(12(7)8)35-21-18(30)16(28)14(26)11(34-21)6-32-20-17(29)15(27)13(25)10(5-23)33-20/h1-2,7-30H,3-6H2/t7-,8-,9+,10-,11-,12-,13-,14-,15+,16+,17-,18-,19+,20+,21+/m1/s1. The van der Waals surface area contributed by atoms with E-state index < -0.39 is 92.9 Å². The van der Waals surface area contributed by atoms with Crippen LogP contribution in [0.3, 0.4) is 0 Å². The third-order valence-corrected chi connectivity index (χ3v) is 7.25. The molecule has 1 aliphatic carbocycles. The van der Waals surface area contributed by atoms with Crippen molar-refractivity contribution >= 4 is 0 Å². The minimum absolute atomic E-state index is 0.222. The SMILES string of the molecule is OC[C@H]1C[C@H](O)[C@H]2C=CO[C@@H](O[C@@H]3O[C@H](CO[C@H]4O[C@H](CO)[C@@H](O)[C@H](O)[C@H]4O)[C@@H](O)[C@H](O)[C@H]3O)[C@H]12. The molecule has 202 valence electrons. The van der Waals surface area contributed by atoms with Gasteiger partial charge in [-0.1, -0.05) is 0 Å². The first-order valence-electron chi connectivity index (χ1n) is 11.6. The van der Waals surface area contributed by atoms with Crippen LogP contribution in [0.4, 0.5) is 0 Å². The molecule has 0 aromatic heterocycles. The monoisotopic (exact) mass is 510 g/mol. The summed E-state index contributed by atoms with van der Waals surface area (Å²) in [4.78, 5) is 0. The number of ether oxygens (including phenoxy) is 5. The zero-order valence-electron chi connectivity index (χ0n) is 18.7. The normalized spacial score (nSPS) is 52.2. The van der Waals surface area contributed by atoms with E-state index in [9.17, 15) is 46.0 Å². The van der Waals surface area contributed by atoms with E-state index in [0.717, 1.165) is 0 Å². The maximum Gasteiger partial charge on any atom is 0.205 e. The molecule has 0 bridgehead atoms. The molecule has 14 nitrogen and oxygen atoms in total.